The minimum atomic E-state index is -3.62. The van der Waals surface area contributed by atoms with E-state index in [1.54, 1.807) is 25.3 Å². The van der Waals surface area contributed by atoms with Crippen molar-refractivity contribution in [1.82, 2.24) is 4.72 Å². The van der Waals surface area contributed by atoms with Crippen LogP contribution in [0.2, 0.25) is 0 Å². The molecule has 0 fully saturated rings. The van der Waals surface area contributed by atoms with E-state index in [-0.39, 0.29) is 16.9 Å². The predicted octanol–water partition coefficient (Wildman–Crippen LogP) is 4.74. The number of methoxy groups -OCH3 is 1. The first-order chi connectivity index (χ1) is 12.8. The van der Waals surface area contributed by atoms with Gasteiger partial charge in [0.2, 0.25) is 10.0 Å². The van der Waals surface area contributed by atoms with Gasteiger partial charge in [0, 0.05) is 6.04 Å². The first-order valence-corrected chi connectivity index (χ1v) is 11.1. The van der Waals surface area contributed by atoms with Crippen molar-refractivity contribution < 1.29 is 13.2 Å². The molecule has 0 radical (unpaired) electrons. The SMILES string of the molecule is COc1ccc(S(=O)(=O)NC(C)c2ccc3c(c2)CCCC3)cc1C(C)C. The molecule has 1 aliphatic rings. The zero-order valence-electron chi connectivity index (χ0n) is 16.6. The number of aryl methyl sites for hydroxylation is 2. The molecule has 0 bridgehead atoms. The fourth-order valence-electron chi connectivity index (χ4n) is 3.72. The molecule has 1 N–H and O–H groups in total. The van der Waals surface area contributed by atoms with Gasteiger partial charge in [-0.1, -0.05) is 32.0 Å². The number of hydrogen-bond acceptors (Lipinski definition) is 3. The summed E-state index contributed by atoms with van der Waals surface area (Å²) in [5, 5.41) is 0. The Kier molecular flexibility index (Phi) is 5.92. The molecule has 27 heavy (non-hydrogen) atoms. The van der Waals surface area contributed by atoms with E-state index in [0.29, 0.717) is 5.75 Å². The van der Waals surface area contributed by atoms with Crippen LogP contribution in [-0.2, 0) is 22.9 Å². The van der Waals surface area contributed by atoms with Crippen molar-refractivity contribution in [1.29, 1.82) is 0 Å². The Morgan fingerprint density at radius 2 is 1.67 bits per heavy atom. The average Bonchev–Trinajstić information content (AvgIpc) is 2.66. The van der Waals surface area contributed by atoms with Crippen LogP contribution >= 0.6 is 0 Å². The zero-order chi connectivity index (χ0) is 19.6. The second-order valence-electron chi connectivity index (χ2n) is 7.64. The van der Waals surface area contributed by atoms with Crippen LogP contribution in [0.5, 0.6) is 5.75 Å². The monoisotopic (exact) mass is 387 g/mol. The third-order valence-corrected chi connectivity index (χ3v) is 6.88. The topological polar surface area (TPSA) is 55.4 Å². The normalized spacial score (nSPS) is 15.4. The van der Waals surface area contributed by atoms with E-state index in [0.717, 1.165) is 24.0 Å². The number of hydrogen-bond donors (Lipinski definition) is 1. The maximum atomic E-state index is 12.9. The first kappa shape index (κ1) is 19.9. The number of nitrogens with one attached hydrogen (secondary N) is 1. The summed E-state index contributed by atoms with van der Waals surface area (Å²) in [6, 6.07) is 11.1. The third-order valence-electron chi connectivity index (χ3n) is 5.34. The van der Waals surface area contributed by atoms with Gasteiger partial charge in [0.25, 0.3) is 0 Å². The molecule has 1 unspecified atom stereocenters. The summed E-state index contributed by atoms with van der Waals surface area (Å²) >= 11 is 0. The molecule has 0 aliphatic heterocycles. The maximum absolute atomic E-state index is 12.9. The summed E-state index contributed by atoms with van der Waals surface area (Å²) in [5.74, 6) is 0.889. The van der Waals surface area contributed by atoms with Crippen molar-refractivity contribution in [2.24, 2.45) is 0 Å². The summed E-state index contributed by atoms with van der Waals surface area (Å²) in [4.78, 5) is 0.275. The largest absolute Gasteiger partial charge is 0.496 e. The molecule has 0 spiro atoms. The Bertz CT molecular complexity index is 919. The second-order valence-corrected chi connectivity index (χ2v) is 9.35. The Balaban J connectivity index is 1.85. The van der Waals surface area contributed by atoms with Gasteiger partial charge in [-0.25, -0.2) is 13.1 Å². The lowest BCUT2D eigenvalue weighted by Gasteiger charge is -2.20. The standard InChI is InChI=1S/C22H29NO3S/c1-15(2)21-14-20(11-12-22(21)26-4)27(24,25)23-16(3)18-10-9-17-7-5-6-8-19(17)13-18/h9-16,23H,5-8H2,1-4H3. The Morgan fingerprint density at radius 1 is 0.963 bits per heavy atom. The van der Waals surface area contributed by atoms with Crippen molar-refractivity contribution >= 4 is 10.0 Å². The van der Waals surface area contributed by atoms with Crippen molar-refractivity contribution in [3.63, 3.8) is 0 Å². The van der Waals surface area contributed by atoms with E-state index < -0.39 is 10.0 Å². The van der Waals surface area contributed by atoms with Crippen molar-refractivity contribution in [3.05, 3.63) is 58.7 Å². The molecular formula is C22H29NO3S. The fraction of sp³-hybridized carbons (Fsp3) is 0.455. The minimum Gasteiger partial charge on any atom is -0.496 e. The van der Waals surface area contributed by atoms with E-state index in [2.05, 4.69) is 16.9 Å². The lowest BCUT2D eigenvalue weighted by molar-refractivity contribution is 0.407. The van der Waals surface area contributed by atoms with Crippen LogP contribution in [0.4, 0.5) is 0 Å². The van der Waals surface area contributed by atoms with E-state index in [1.807, 2.05) is 26.8 Å². The molecule has 1 aliphatic carbocycles. The van der Waals surface area contributed by atoms with E-state index in [1.165, 1.54) is 24.0 Å². The van der Waals surface area contributed by atoms with E-state index >= 15 is 0 Å². The molecule has 0 saturated carbocycles. The summed E-state index contributed by atoms with van der Waals surface area (Å²) < 4.78 is 34.0. The highest BCUT2D eigenvalue weighted by molar-refractivity contribution is 7.89. The molecule has 1 atom stereocenters. The molecule has 146 valence electrons. The Morgan fingerprint density at radius 3 is 2.33 bits per heavy atom. The molecule has 0 aromatic heterocycles. The summed E-state index contributed by atoms with van der Waals surface area (Å²) in [6.45, 7) is 5.95. The highest BCUT2D eigenvalue weighted by atomic mass is 32.2. The maximum Gasteiger partial charge on any atom is 0.241 e. The second kappa shape index (κ2) is 8.03. The molecule has 0 heterocycles. The first-order valence-electron chi connectivity index (χ1n) is 9.64. The predicted molar refractivity (Wildman–Crippen MR) is 109 cm³/mol. The number of sulfonamides is 1. The Labute approximate surface area is 163 Å². The number of fused-ring (bicyclic) bond motifs is 1. The Hall–Kier alpha value is -1.85. The molecule has 0 saturated heterocycles. The van der Waals surface area contributed by atoms with Gasteiger partial charge in [0.1, 0.15) is 5.75 Å². The average molecular weight is 388 g/mol. The molecule has 3 rings (SSSR count). The highest BCUT2D eigenvalue weighted by Gasteiger charge is 2.21. The van der Waals surface area contributed by atoms with Crippen LogP contribution in [0.1, 0.15) is 67.8 Å². The number of ether oxygens (including phenoxy) is 1. The van der Waals surface area contributed by atoms with Gasteiger partial charge in [-0.05, 0) is 79.0 Å². The number of rotatable bonds is 6. The molecule has 0 amide bonds. The fourth-order valence-corrected chi connectivity index (χ4v) is 4.99. The van der Waals surface area contributed by atoms with Gasteiger partial charge < -0.3 is 4.74 Å². The summed E-state index contributed by atoms with van der Waals surface area (Å²) in [6.07, 6.45) is 4.66. The van der Waals surface area contributed by atoms with Crippen LogP contribution < -0.4 is 9.46 Å². The summed E-state index contributed by atoms with van der Waals surface area (Å²) in [7, 11) is -2.01. The van der Waals surface area contributed by atoms with Crippen LogP contribution in [0, 0.1) is 0 Å². The highest BCUT2D eigenvalue weighted by Crippen LogP contribution is 2.30. The van der Waals surface area contributed by atoms with Crippen molar-refractivity contribution in [3.8, 4) is 5.75 Å². The quantitative estimate of drug-likeness (QED) is 0.779. The van der Waals surface area contributed by atoms with Crippen molar-refractivity contribution in [2.75, 3.05) is 7.11 Å². The summed E-state index contributed by atoms with van der Waals surface area (Å²) in [5.41, 5.74) is 4.66. The van der Waals surface area contributed by atoms with Gasteiger partial charge in [-0.15, -0.1) is 0 Å². The minimum absolute atomic E-state index is 0.174. The van der Waals surface area contributed by atoms with Crippen LogP contribution in [0.3, 0.4) is 0 Å². The van der Waals surface area contributed by atoms with Crippen molar-refractivity contribution in [2.45, 2.75) is 63.3 Å². The van der Waals surface area contributed by atoms with E-state index in [4.69, 9.17) is 4.74 Å². The zero-order valence-corrected chi connectivity index (χ0v) is 17.4. The van der Waals surface area contributed by atoms with Crippen LogP contribution in [0.15, 0.2) is 41.3 Å². The van der Waals surface area contributed by atoms with Gasteiger partial charge in [0.15, 0.2) is 0 Å². The smallest absolute Gasteiger partial charge is 0.241 e. The molecular weight excluding hydrogens is 358 g/mol. The van der Waals surface area contributed by atoms with Gasteiger partial charge >= 0.3 is 0 Å². The van der Waals surface area contributed by atoms with E-state index in [9.17, 15) is 8.42 Å². The van der Waals surface area contributed by atoms with Gasteiger partial charge in [-0.3, -0.25) is 0 Å². The lowest BCUT2D eigenvalue weighted by atomic mass is 9.89. The molecule has 5 heteroatoms. The third kappa shape index (κ3) is 4.36. The molecule has 4 nitrogen and oxygen atoms in total. The van der Waals surface area contributed by atoms with Gasteiger partial charge in [0.05, 0.1) is 12.0 Å². The van der Waals surface area contributed by atoms with Gasteiger partial charge in [-0.2, -0.15) is 0 Å². The van der Waals surface area contributed by atoms with Crippen LogP contribution in [-0.4, -0.2) is 15.5 Å². The molecule has 2 aromatic rings. The lowest BCUT2D eigenvalue weighted by Crippen LogP contribution is -2.27. The van der Waals surface area contributed by atoms with Crippen LogP contribution in [0.25, 0.3) is 0 Å². The number of benzene rings is 2. The molecule has 2 aromatic carbocycles.